The van der Waals surface area contributed by atoms with E-state index >= 15 is 0 Å². The highest BCUT2D eigenvalue weighted by atomic mass is 19.1. The maximum Gasteiger partial charge on any atom is 0.328 e. The first-order chi connectivity index (χ1) is 16.0. The third kappa shape index (κ3) is 3.90. The van der Waals surface area contributed by atoms with Crippen molar-refractivity contribution in [2.24, 2.45) is 5.73 Å². The molecule has 0 aliphatic rings. The molecule has 2 heterocycles. The van der Waals surface area contributed by atoms with Gasteiger partial charge in [-0.1, -0.05) is 36.4 Å². The fourth-order valence-corrected chi connectivity index (χ4v) is 3.85. The largest absolute Gasteiger partial charge is 0.463 e. The number of nitrogens with one attached hydrogen (secondary N) is 1. The Morgan fingerprint density at radius 3 is 2.67 bits per heavy atom. The first-order valence-corrected chi connectivity index (χ1v) is 10.3. The van der Waals surface area contributed by atoms with Crippen LogP contribution in [0.1, 0.15) is 5.56 Å². The van der Waals surface area contributed by atoms with E-state index < -0.39 is 17.8 Å². The van der Waals surface area contributed by atoms with Crippen molar-refractivity contribution in [3.8, 4) is 16.9 Å². The van der Waals surface area contributed by atoms with Gasteiger partial charge in [-0.2, -0.15) is 0 Å². The lowest BCUT2D eigenvalue weighted by atomic mass is 10.0. The Kier molecular flexibility index (Phi) is 5.24. The van der Waals surface area contributed by atoms with Crippen molar-refractivity contribution in [2.75, 3.05) is 0 Å². The zero-order valence-electron chi connectivity index (χ0n) is 17.4. The van der Waals surface area contributed by atoms with Crippen LogP contribution in [-0.4, -0.2) is 17.0 Å². The summed E-state index contributed by atoms with van der Waals surface area (Å²) in [7, 11) is 0. The van der Waals surface area contributed by atoms with Gasteiger partial charge in [-0.3, -0.25) is 4.79 Å². The van der Waals surface area contributed by atoms with E-state index in [1.54, 1.807) is 12.1 Å². The number of fused-ring (bicyclic) bond motifs is 2. The first-order valence-electron chi connectivity index (χ1n) is 10.3. The number of carbonyl (C=O) groups excluding carboxylic acids is 1. The van der Waals surface area contributed by atoms with Gasteiger partial charge in [0.05, 0.1) is 10.9 Å². The lowest BCUT2D eigenvalue weighted by molar-refractivity contribution is -0.135. The molecular weight excluding hydrogens is 423 g/mol. The van der Waals surface area contributed by atoms with Gasteiger partial charge >= 0.3 is 5.97 Å². The molecule has 1 atom stereocenters. The van der Waals surface area contributed by atoms with Crippen LogP contribution in [-0.2, 0) is 11.2 Å². The summed E-state index contributed by atoms with van der Waals surface area (Å²) in [4.78, 5) is 28.6. The molecule has 3 aromatic carbocycles. The number of benzene rings is 3. The molecule has 0 bridgehead atoms. The third-order valence-electron chi connectivity index (χ3n) is 5.55. The molecule has 3 N–H and O–H groups in total. The molecule has 0 aliphatic heterocycles. The zero-order chi connectivity index (χ0) is 22.9. The summed E-state index contributed by atoms with van der Waals surface area (Å²) in [5.41, 5.74) is 8.08. The second-order valence-corrected chi connectivity index (χ2v) is 7.71. The summed E-state index contributed by atoms with van der Waals surface area (Å²) in [6.45, 7) is 0. The molecular formula is C26H19FN2O4. The zero-order valence-corrected chi connectivity index (χ0v) is 17.4. The van der Waals surface area contributed by atoms with E-state index in [1.165, 1.54) is 36.6 Å². The number of H-pyrrole nitrogens is 1. The average Bonchev–Trinajstić information content (AvgIpc) is 3.23. The van der Waals surface area contributed by atoms with Crippen LogP contribution >= 0.6 is 0 Å². The highest BCUT2D eigenvalue weighted by Gasteiger charge is 2.19. The number of hydrogen-bond donors (Lipinski definition) is 2. The fraction of sp³-hybridized carbons (Fsp3) is 0.0769. The molecule has 6 nitrogen and oxygen atoms in total. The van der Waals surface area contributed by atoms with Crippen LogP contribution in [0.25, 0.3) is 33.0 Å². The number of aromatic nitrogens is 1. The highest BCUT2D eigenvalue weighted by molar-refractivity contribution is 5.86. The van der Waals surface area contributed by atoms with E-state index in [-0.39, 0.29) is 33.3 Å². The minimum atomic E-state index is -0.879. The molecule has 7 heteroatoms. The van der Waals surface area contributed by atoms with Crippen molar-refractivity contribution in [2.45, 2.75) is 12.5 Å². The van der Waals surface area contributed by atoms with Gasteiger partial charge in [0.2, 0.25) is 5.43 Å². The van der Waals surface area contributed by atoms with Crippen LogP contribution < -0.4 is 15.9 Å². The molecule has 0 aliphatic carbocycles. The Labute approximate surface area is 187 Å². The molecule has 0 spiro atoms. The molecule has 0 unspecified atom stereocenters. The number of carbonyl (C=O) groups is 1. The summed E-state index contributed by atoms with van der Waals surface area (Å²) in [6, 6.07) is 17.3. The summed E-state index contributed by atoms with van der Waals surface area (Å²) >= 11 is 0. The number of esters is 1. The van der Waals surface area contributed by atoms with Gasteiger partial charge in [-0.25, -0.2) is 9.18 Å². The molecule has 0 saturated heterocycles. The standard InChI is InChI=1S/C26H19FN2O4/c27-21-7-3-1-6-18(21)20-14-32-24-12-16(9-10-19(24)25(20)30)33-26(31)22(28)11-15-13-29-23-8-4-2-5-17(15)23/h1-10,12-14,22,29H,11,28H2/t22-/m0/s1. The third-order valence-corrected chi connectivity index (χ3v) is 5.55. The van der Waals surface area contributed by atoms with Gasteiger partial charge in [0.1, 0.15) is 29.5 Å². The Morgan fingerprint density at radius 2 is 1.82 bits per heavy atom. The summed E-state index contributed by atoms with van der Waals surface area (Å²) < 4.78 is 25.1. The number of ether oxygens (including phenoxy) is 1. The van der Waals surface area contributed by atoms with Crippen molar-refractivity contribution in [1.29, 1.82) is 0 Å². The highest BCUT2D eigenvalue weighted by Crippen LogP contribution is 2.25. The van der Waals surface area contributed by atoms with Crippen LogP contribution in [0.4, 0.5) is 4.39 Å². The van der Waals surface area contributed by atoms with Gasteiger partial charge in [-0.15, -0.1) is 0 Å². The van der Waals surface area contributed by atoms with E-state index in [4.69, 9.17) is 14.9 Å². The second-order valence-electron chi connectivity index (χ2n) is 7.71. The second kappa shape index (κ2) is 8.37. The van der Waals surface area contributed by atoms with E-state index in [0.29, 0.717) is 6.42 Å². The molecule has 33 heavy (non-hydrogen) atoms. The van der Waals surface area contributed by atoms with Gasteiger partial charge in [0, 0.05) is 35.2 Å². The van der Waals surface area contributed by atoms with Crippen LogP contribution in [0.2, 0.25) is 0 Å². The molecule has 2 aromatic heterocycles. The summed E-state index contributed by atoms with van der Waals surface area (Å²) in [5.74, 6) is -0.924. The molecule has 164 valence electrons. The Bertz CT molecular complexity index is 1550. The molecule has 0 saturated carbocycles. The number of aromatic amines is 1. The normalized spacial score (nSPS) is 12.2. The molecule has 0 amide bonds. The number of para-hydroxylation sites is 1. The van der Waals surface area contributed by atoms with Crippen LogP contribution in [0, 0.1) is 5.82 Å². The van der Waals surface area contributed by atoms with Gasteiger partial charge in [0.25, 0.3) is 0 Å². The summed E-state index contributed by atoms with van der Waals surface area (Å²) in [6.07, 6.45) is 3.34. The Morgan fingerprint density at radius 1 is 1.03 bits per heavy atom. The minimum Gasteiger partial charge on any atom is -0.463 e. The number of halogens is 1. The van der Waals surface area contributed by atoms with Crippen molar-refractivity contribution < 1.29 is 18.3 Å². The lowest BCUT2D eigenvalue weighted by Crippen LogP contribution is -2.36. The van der Waals surface area contributed by atoms with E-state index in [0.717, 1.165) is 16.5 Å². The van der Waals surface area contributed by atoms with Crippen molar-refractivity contribution in [3.05, 3.63) is 101 Å². The topological polar surface area (TPSA) is 98.3 Å². The molecule has 0 fully saturated rings. The number of hydrogen-bond acceptors (Lipinski definition) is 5. The number of nitrogens with two attached hydrogens (primary N) is 1. The summed E-state index contributed by atoms with van der Waals surface area (Å²) in [5, 5.41) is 1.25. The van der Waals surface area contributed by atoms with Crippen molar-refractivity contribution >= 4 is 27.8 Å². The van der Waals surface area contributed by atoms with E-state index in [2.05, 4.69) is 4.98 Å². The van der Waals surface area contributed by atoms with E-state index in [9.17, 15) is 14.0 Å². The fourth-order valence-electron chi connectivity index (χ4n) is 3.85. The van der Waals surface area contributed by atoms with Crippen molar-refractivity contribution in [3.63, 3.8) is 0 Å². The quantitative estimate of drug-likeness (QED) is 0.307. The first kappa shape index (κ1) is 20.7. The smallest absolute Gasteiger partial charge is 0.328 e. The Balaban J connectivity index is 1.37. The lowest BCUT2D eigenvalue weighted by Gasteiger charge is -2.11. The maximum absolute atomic E-state index is 14.1. The average molecular weight is 442 g/mol. The molecule has 0 radical (unpaired) electrons. The van der Waals surface area contributed by atoms with Crippen LogP contribution in [0.3, 0.4) is 0 Å². The number of rotatable bonds is 5. The van der Waals surface area contributed by atoms with Crippen molar-refractivity contribution in [1.82, 2.24) is 4.98 Å². The molecule has 5 rings (SSSR count). The van der Waals surface area contributed by atoms with Crippen LogP contribution in [0.5, 0.6) is 5.75 Å². The molecule has 5 aromatic rings. The monoisotopic (exact) mass is 442 g/mol. The minimum absolute atomic E-state index is 0.117. The van der Waals surface area contributed by atoms with Gasteiger partial charge < -0.3 is 19.9 Å². The maximum atomic E-state index is 14.1. The van der Waals surface area contributed by atoms with Gasteiger partial charge in [0.15, 0.2) is 0 Å². The Hall–Kier alpha value is -4.23. The van der Waals surface area contributed by atoms with Crippen LogP contribution in [0.15, 0.2) is 88.4 Å². The predicted molar refractivity (Wildman–Crippen MR) is 123 cm³/mol. The van der Waals surface area contributed by atoms with E-state index in [1.807, 2.05) is 30.5 Å². The SMILES string of the molecule is N[C@@H](Cc1c[nH]c2ccccc12)C(=O)Oc1ccc2c(=O)c(-c3ccccc3F)coc2c1. The predicted octanol–water partition coefficient (Wildman–Crippen LogP) is 4.56. The van der Waals surface area contributed by atoms with Gasteiger partial charge in [-0.05, 0) is 29.8 Å².